The summed E-state index contributed by atoms with van der Waals surface area (Å²) in [5.41, 5.74) is 8.53. The lowest BCUT2D eigenvalue weighted by atomic mass is 9.85. The van der Waals surface area contributed by atoms with Crippen LogP contribution in [0.1, 0.15) is 54.7 Å². The molecular formula is C21H29FN6O2. The Balaban J connectivity index is 1.40. The number of likely N-dealkylation sites (tertiary alicyclic amines) is 1. The molecule has 0 saturated carbocycles. The molecule has 2 aliphatic heterocycles. The zero-order valence-electron chi connectivity index (χ0n) is 17.7. The summed E-state index contributed by atoms with van der Waals surface area (Å²) in [6.45, 7) is 7.66. The SMILES string of the molecule is CCn1nc(C)c(C2CC(C(=O)N3CCC(O)(c4cccnc4F)CC3)NN2)c1C. The Kier molecular flexibility index (Phi) is 5.61. The molecular weight excluding hydrogens is 387 g/mol. The second-order valence-electron chi connectivity index (χ2n) is 8.23. The number of pyridine rings is 1. The molecule has 4 rings (SSSR count). The van der Waals surface area contributed by atoms with Gasteiger partial charge in [-0.1, -0.05) is 6.07 Å². The molecule has 0 spiro atoms. The van der Waals surface area contributed by atoms with Crippen molar-refractivity contribution in [3.8, 4) is 0 Å². The number of hydrogen-bond acceptors (Lipinski definition) is 6. The van der Waals surface area contributed by atoms with E-state index in [1.165, 1.54) is 6.20 Å². The van der Waals surface area contributed by atoms with Crippen LogP contribution in [-0.4, -0.2) is 49.8 Å². The molecule has 1 amide bonds. The number of carbonyl (C=O) groups excluding carboxylic acids is 1. The third-order valence-electron chi connectivity index (χ3n) is 6.45. The van der Waals surface area contributed by atoms with Gasteiger partial charge in [-0.2, -0.15) is 9.49 Å². The number of aromatic nitrogens is 3. The number of halogens is 1. The fourth-order valence-electron chi connectivity index (χ4n) is 4.75. The van der Waals surface area contributed by atoms with Gasteiger partial charge in [-0.15, -0.1) is 0 Å². The monoisotopic (exact) mass is 416 g/mol. The first-order valence-corrected chi connectivity index (χ1v) is 10.5. The van der Waals surface area contributed by atoms with Gasteiger partial charge >= 0.3 is 0 Å². The van der Waals surface area contributed by atoms with Crippen LogP contribution >= 0.6 is 0 Å². The van der Waals surface area contributed by atoms with E-state index in [1.54, 1.807) is 17.0 Å². The third kappa shape index (κ3) is 3.61. The maximum atomic E-state index is 14.0. The van der Waals surface area contributed by atoms with Gasteiger partial charge in [-0.25, -0.2) is 15.8 Å². The molecule has 0 aromatic carbocycles. The predicted octanol–water partition coefficient (Wildman–Crippen LogP) is 1.47. The topological polar surface area (TPSA) is 95.3 Å². The molecule has 2 atom stereocenters. The fourth-order valence-corrected chi connectivity index (χ4v) is 4.75. The van der Waals surface area contributed by atoms with Crippen molar-refractivity contribution in [3.05, 3.63) is 46.8 Å². The maximum absolute atomic E-state index is 14.0. The summed E-state index contributed by atoms with van der Waals surface area (Å²) in [5, 5.41) is 15.5. The molecule has 2 aromatic rings. The van der Waals surface area contributed by atoms with Crippen molar-refractivity contribution in [2.24, 2.45) is 0 Å². The first-order valence-electron chi connectivity index (χ1n) is 10.5. The highest BCUT2D eigenvalue weighted by atomic mass is 19.1. The Labute approximate surface area is 175 Å². The van der Waals surface area contributed by atoms with Crippen LogP contribution in [0.3, 0.4) is 0 Å². The van der Waals surface area contributed by atoms with Crippen molar-refractivity contribution in [2.75, 3.05) is 13.1 Å². The summed E-state index contributed by atoms with van der Waals surface area (Å²) in [4.78, 5) is 18.5. The summed E-state index contributed by atoms with van der Waals surface area (Å²) in [5.74, 6) is -0.653. The highest BCUT2D eigenvalue weighted by Gasteiger charge is 2.41. The van der Waals surface area contributed by atoms with Gasteiger partial charge in [0.05, 0.1) is 17.3 Å². The molecule has 4 heterocycles. The molecule has 2 fully saturated rings. The van der Waals surface area contributed by atoms with Crippen LogP contribution in [0.2, 0.25) is 0 Å². The number of amides is 1. The van der Waals surface area contributed by atoms with Crippen LogP contribution in [-0.2, 0) is 16.9 Å². The summed E-state index contributed by atoms with van der Waals surface area (Å²) in [6, 6.07) is 2.85. The number of hydrogen-bond donors (Lipinski definition) is 3. The average molecular weight is 417 g/mol. The van der Waals surface area contributed by atoms with E-state index in [4.69, 9.17) is 0 Å². The first-order chi connectivity index (χ1) is 14.3. The van der Waals surface area contributed by atoms with E-state index >= 15 is 0 Å². The summed E-state index contributed by atoms with van der Waals surface area (Å²) in [6.07, 6.45) is 2.57. The lowest BCUT2D eigenvalue weighted by molar-refractivity contribution is -0.137. The Morgan fingerprint density at radius 1 is 1.33 bits per heavy atom. The Morgan fingerprint density at radius 2 is 2.07 bits per heavy atom. The number of piperidine rings is 1. The van der Waals surface area contributed by atoms with E-state index in [-0.39, 0.29) is 36.4 Å². The number of aliphatic hydroxyl groups is 1. The van der Waals surface area contributed by atoms with E-state index in [9.17, 15) is 14.3 Å². The second-order valence-corrected chi connectivity index (χ2v) is 8.23. The van der Waals surface area contributed by atoms with Gasteiger partial charge in [0.2, 0.25) is 11.9 Å². The van der Waals surface area contributed by atoms with Crippen LogP contribution in [0, 0.1) is 19.8 Å². The normalized spacial score (nSPS) is 23.7. The minimum Gasteiger partial charge on any atom is -0.385 e. The third-order valence-corrected chi connectivity index (χ3v) is 6.45. The zero-order chi connectivity index (χ0) is 21.5. The molecule has 3 N–H and O–H groups in total. The molecule has 2 unspecified atom stereocenters. The first kappa shape index (κ1) is 20.9. The Bertz CT molecular complexity index is 938. The van der Waals surface area contributed by atoms with E-state index in [0.29, 0.717) is 19.5 Å². The summed E-state index contributed by atoms with van der Waals surface area (Å²) in [7, 11) is 0. The fraction of sp³-hybridized carbons (Fsp3) is 0.571. The van der Waals surface area contributed by atoms with Crippen LogP contribution in [0.5, 0.6) is 0 Å². The predicted molar refractivity (Wildman–Crippen MR) is 109 cm³/mol. The van der Waals surface area contributed by atoms with E-state index in [0.717, 1.165) is 23.5 Å². The standard InChI is InChI=1S/C21H29FN6O2/c1-4-28-14(3)18(13(2)26-28)16-12-17(25-24-16)20(29)27-10-7-21(30,8-11-27)15-6-5-9-23-19(15)22/h5-6,9,16-17,24-25,30H,4,7-8,10-12H2,1-3H3. The molecule has 2 saturated heterocycles. The van der Waals surface area contributed by atoms with Gasteiger partial charge in [-0.05, 0) is 46.1 Å². The smallest absolute Gasteiger partial charge is 0.241 e. The molecule has 8 nitrogen and oxygen atoms in total. The van der Waals surface area contributed by atoms with E-state index < -0.39 is 11.5 Å². The zero-order valence-corrected chi connectivity index (χ0v) is 17.7. The molecule has 2 aliphatic rings. The lowest BCUT2D eigenvalue weighted by Gasteiger charge is -2.39. The molecule has 0 bridgehead atoms. The number of rotatable bonds is 4. The van der Waals surface area contributed by atoms with Crippen molar-refractivity contribution in [1.82, 2.24) is 30.5 Å². The largest absolute Gasteiger partial charge is 0.385 e. The van der Waals surface area contributed by atoms with Crippen LogP contribution in [0.15, 0.2) is 18.3 Å². The average Bonchev–Trinajstić information content (AvgIpc) is 3.32. The van der Waals surface area contributed by atoms with Crippen molar-refractivity contribution in [3.63, 3.8) is 0 Å². The van der Waals surface area contributed by atoms with Gasteiger partial charge in [-0.3, -0.25) is 9.48 Å². The van der Waals surface area contributed by atoms with Crippen molar-refractivity contribution >= 4 is 5.91 Å². The number of aryl methyl sites for hydroxylation is 2. The minimum absolute atomic E-state index is 0.00287. The van der Waals surface area contributed by atoms with Crippen molar-refractivity contribution < 1.29 is 14.3 Å². The quantitative estimate of drug-likeness (QED) is 0.654. The molecule has 2 aromatic heterocycles. The maximum Gasteiger partial charge on any atom is 0.241 e. The number of nitrogens with zero attached hydrogens (tertiary/aromatic N) is 4. The van der Waals surface area contributed by atoms with E-state index in [2.05, 4.69) is 34.8 Å². The van der Waals surface area contributed by atoms with Gasteiger partial charge in [0.15, 0.2) is 0 Å². The molecule has 0 aliphatic carbocycles. The number of carbonyl (C=O) groups is 1. The molecule has 30 heavy (non-hydrogen) atoms. The number of nitrogens with one attached hydrogen (secondary N) is 2. The van der Waals surface area contributed by atoms with Gasteiger partial charge in [0.1, 0.15) is 6.04 Å². The van der Waals surface area contributed by atoms with Gasteiger partial charge in [0, 0.05) is 42.7 Å². The van der Waals surface area contributed by atoms with Crippen LogP contribution < -0.4 is 10.9 Å². The molecule has 162 valence electrons. The lowest BCUT2D eigenvalue weighted by Crippen LogP contribution is -2.51. The highest BCUT2D eigenvalue weighted by molar-refractivity contribution is 5.82. The van der Waals surface area contributed by atoms with Gasteiger partial charge < -0.3 is 10.0 Å². The second kappa shape index (κ2) is 8.05. The Morgan fingerprint density at radius 3 is 2.70 bits per heavy atom. The van der Waals surface area contributed by atoms with E-state index in [1.807, 2.05) is 11.6 Å². The highest BCUT2D eigenvalue weighted by Crippen LogP contribution is 2.35. The van der Waals surface area contributed by atoms with Gasteiger partial charge in [0.25, 0.3) is 0 Å². The Hall–Kier alpha value is -2.36. The minimum atomic E-state index is -1.29. The summed E-state index contributed by atoms with van der Waals surface area (Å²) < 4.78 is 16.0. The molecule has 0 radical (unpaired) electrons. The van der Waals surface area contributed by atoms with Crippen molar-refractivity contribution in [2.45, 2.75) is 64.3 Å². The number of hydrazine groups is 1. The van der Waals surface area contributed by atoms with Crippen LogP contribution in [0.4, 0.5) is 4.39 Å². The molecule has 9 heteroatoms. The van der Waals surface area contributed by atoms with Crippen LogP contribution in [0.25, 0.3) is 0 Å². The summed E-state index contributed by atoms with van der Waals surface area (Å²) >= 11 is 0. The van der Waals surface area contributed by atoms with Crippen molar-refractivity contribution in [1.29, 1.82) is 0 Å².